The van der Waals surface area contributed by atoms with Gasteiger partial charge in [-0.15, -0.1) is 5.10 Å². The first kappa shape index (κ1) is 18.1. The maximum atomic E-state index is 11.8. The minimum absolute atomic E-state index is 0.191. The highest BCUT2D eigenvalue weighted by atomic mass is 16.1. The van der Waals surface area contributed by atoms with Crippen LogP contribution < -0.4 is 5.32 Å². The van der Waals surface area contributed by atoms with E-state index in [0.29, 0.717) is 11.3 Å². The van der Waals surface area contributed by atoms with E-state index in [4.69, 9.17) is 5.26 Å². The van der Waals surface area contributed by atoms with Crippen molar-refractivity contribution < 1.29 is 4.79 Å². The quantitative estimate of drug-likeness (QED) is 0.912. The summed E-state index contributed by atoms with van der Waals surface area (Å²) in [5.74, 6) is -0.191. The number of aromatic nitrogens is 4. The SMILES string of the molecule is C1CCCCC1.N#CC1(n2cc(CNC(=O)c3ccncc3)nn2)CC1. The van der Waals surface area contributed by atoms with Crippen molar-refractivity contribution in [2.24, 2.45) is 0 Å². The van der Waals surface area contributed by atoms with Crippen molar-refractivity contribution >= 4 is 5.91 Å². The highest BCUT2D eigenvalue weighted by molar-refractivity contribution is 5.93. The summed E-state index contributed by atoms with van der Waals surface area (Å²) in [5.41, 5.74) is 0.664. The summed E-state index contributed by atoms with van der Waals surface area (Å²) in [6.07, 6.45) is 15.4. The standard InChI is InChI=1S/C13H12N6O.C6H12/c14-9-13(3-4-13)19-8-11(17-18-19)7-16-12(20)10-1-5-15-6-2-10;1-2-4-6-5-3-1/h1-2,5-6,8H,3-4,7H2,(H,16,20);1-6H2. The first-order chi connectivity index (χ1) is 12.7. The Morgan fingerprint density at radius 1 is 1.15 bits per heavy atom. The highest BCUT2D eigenvalue weighted by Gasteiger charge is 2.46. The number of pyridine rings is 1. The molecule has 0 spiro atoms. The van der Waals surface area contributed by atoms with Crippen molar-refractivity contribution in [3.63, 3.8) is 0 Å². The zero-order chi connectivity index (χ0) is 18.2. The van der Waals surface area contributed by atoms with E-state index in [-0.39, 0.29) is 12.5 Å². The summed E-state index contributed by atoms with van der Waals surface area (Å²) >= 11 is 0. The van der Waals surface area contributed by atoms with Gasteiger partial charge in [-0.1, -0.05) is 43.7 Å². The van der Waals surface area contributed by atoms with Gasteiger partial charge in [0.1, 0.15) is 5.69 Å². The van der Waals surface area contributed by atoms with Crippen LogP contribution in [0.3, 0.4) is 0 Å². The zero-order valence-electron chi connectivity index (χ0n) is 14.9. The van der Waals surface area contributed by atoms with Crippen LogP contribution in [0, 0.1) is 11.3 Å². The van der Waals surface area contributed by atoms with Crippen LogP contribution in [0.1, 0.15) is 67.4 Å². The molecule has 2 aliphatic rings. The molecule has 26 heavy (non-hydrogen) atoms. The maximum Gasteiger partial charge on any atom is 0.251 e. The predicted molar refractivity (Wildman–Crippen MR) is 96.0 cm³/mol. The number of amides is 1. The van der Waals surface area contributed by atoms with Gasteiger partial charge in [0.25, 0.3) is 5.91 Å². The Labute approximate surface area is 153 Å². The van der Waals surface area contributed by atoms with Crippen molar-refractivity contribution in [1.29, 1.82) is 5.26 Å². The number of carbonyl (C=O) groups is 1. The number of hydrogen-bond acceptors (Lipinski definition) is 5. The van der Waals surface area contributed by atoms with Crippen LogP contribution in [0.25, 0.3) is 0 Å². The first-order valence-electron chi connectivity index (χ1n) is 9.25. The lowest BCUT2D eigenvalue weighted by atomic mass is 10.0. The first-order valence-corrected chi connectivity index (χ1v) is 9.25. The fourth-order valence-corrected chi connectivity index (χ4v) is 2.94. The number of hydrogen-bond donors (Lipinski definition) is 1. The molecule has 1 amide bonds. The minimum atomic E-state index is -0.514. The normalized spacial score (nSPS) is 17.3. The Hall–Kier alpha value is -2.75. The van der Waals surface area contributed by atoms with E-state index in [2.05, 4.69) is 26.7 Å². The summed E-state index contributed by atoms with van der Waals surface area (Å²) < 4.78 is 1.58. The second-order valence-corrected chi connectivity index (χ2v) is 6.84. The van der Waals surface area contributed by atoms with Crippen molar-refractivity contribution in [3.8, 4) is 6.07 Å². The van der Waals surface area contributed by atoms with Gasteiger partial charge in [0.2, 0.25) is 0 Å². The molecular weight excluding hydrogens is 328 g/mol. The van der Waals surface area contributed by atoms with E-state index in [9.17, 15) is 4.79 Å². The fraction of sp³-hybridized carbons (Fsp3) is 0.526. The molecule has 2 aromatic heterocycles. The van der Waals surface area contributed by atoms with Gasteiger partial charge < -0.3 is 5.32 Å². The van der Waals surface area contributed by atoms with Crippen LogP contribution in [0.15, 0.2) is 30.7 Å². The molecule has 0 saturated heterocycles. The topological polar surface area (TPSA) is 96.5 Å². The second kappa shape index (κ2) is 8.56. The third-order valence-electron chi connectivity index (χ3n) is 4.78. The monoisotopic (exact) mass is 352 g/mol. The van der Waals surface area contributed by atoms with Gasteiger partial charge in [-0.05, 0) is 25.0 Å². The molecule has 0 radical (unpaired) electrons. The van der Waals surface area contributed by atoms with Gasteiger partial charge in [0.15, 0.2) is 5.54 Å². The maximum absolute atomic E-state index is 11.8. The molecule has 7 nitrogen and oxygen atoms in total. The molecule has 4 rings (SSSR count). The number of rotatable bonds is 4. The highest BCUT2D eigenvalue weighted by Crippen LogP contribution is 2.41. The molecule has 0 bridgehead atoms. The summed E-state index contributed by atoms with van der Waals surface area (Å²) in [5, 5.41) is 19.8. The number of carbonyl (C=O) groups excluding carboxylic acids is 1. The Morgan fingerprint density at radius 2 is 1.77 bits per heavy atom. The third kappa shape index (κ3) is 4.66. The van der Waals surface area contributed by atoms with Crippen LogP contribution >= 0.6 is 0 Å². The van der Waals surface area contributed by atoms with Crippen molar-refractivity contribution in [2.75, 3.05) is 0 Å². The lowest BCUT2D eigenvalue weighted by Crippen LogP contribution is -2.23. The van der Waals surface area contributed by atoms with Crippen molar-refractivity contribution in [3.05, 3.63) is 42.0 Å². The molecule has 0 aliphatic heterocycles. The lowest BCUT2D eigenvalue weighted by Gasteiger charge is -2.05. The Morgan fingerprint density at radius 3 is 2.31 bits per heavy atom. The van der Waals surface area contributed by atoms with E-state index < -0.39 is 5.54 Å². The van der Waals surface area contributed by atoms with E-state index in [1.807, 2.05) is 0 Å². The Balaban J connectivity index is 0.000000278. The molecule has 2 heterocycles. The molecule has 2 saturated carbocycles. The molecule has 0 atom stereocenters. The van der Waals surface area contributed by atoms with E-state index in [1.54, 1.807) is 35.4 Å². The predicted octanol–water partition coefficient (Wildman–Crippen LogP) is 2.96. The van der Waals surface area contributed by atoms with Crippen LogP contribution in [0.4, 0.5) is 0 Å². The Kier molecular flexibility index (Phi) is 5.95. The number of nitriles is 1. The molecule has 136 valence electrons. The molecule has 1 N–H and O–H groups in total. The van der Waals surface area contributed by atoms with E-state index >= 15 is 0 Å². The van der Waals surface area contributed by atoms with Gasteiger partial charge in [0.05, 0.1) is 18.8 Å². The molecular formula is C19H24N6O. The molecule has 0 aromatic carbocycles. The summed E-state index contributed by atoms with van der Waals surface area (Å²) in [4.78, 5) is 15.7. The molecule has 2 aromatic rings. The average molecular weight is 352 g/mol. The van der Waals surface area contributed by atoms with Gasteiger partial charge >= 0.3 is 0 Å². The summed E-state index contributed by atoms with van der Waals surface area (Å²) in [6.45, 7) is 0.280. The van der Waals surface area contributed by atoms with E-state index in [0.717, 1.165) is 12.8 Å². The van der Waals surface area contributed by atoms with Crippen LogP contribution in [0.5, 0.6) is 0 Å². The van der Waals surface area contributed by atoms with E-state index in [1.165, 1.54) is 38.5 Å². The van der Waals surface area contributed by atoms with Gasteiger partial charge in [-0.2, -0.15) is 5.26 Å². The largest absolute Gasteiger partial charge is 0.346 e. The Bertz CT molecular complexity index is 744. The molecule has 2 fully saturated rings. The summed E-state index contributed by atoms with van der Waals surface area (Å²) in [7, 11) is 0. The number of nitrogens with one attached hydrogen (secondary N) is 1. The average Bonchev–Trinajstić information content (AvgIpc) is 3.38. The number of nitrogens with zero attached hydrogens (tertiary/aromatic N) is 5. The second-order valence-electron chi connectivity index (χ2n) is 6.84. The zero-order valence-corrected chi connectivity index (χ0v) is 14.9. The van der Waals surface area contributed by atoms with Gasteiger partial charge in [-0.25, -0.2) is 4.68 Å². The van der Waals surface area contributed by atoms with Crippen molar-refractivity contribution in [2.45, 2.75) is 63.5 Å². The molecule has 0 unspecified atom stereocenters. The lowest BCUT2D eigenvalue weighted by molar-refractivity contribution is 0.0950. The van der Waals surface area contributed by atoms with Crippen LogP contribution in [-0.2, 0) is 12.1 Å². The van der Waals surface area contributed by atoms with Crippen LogP contribution in [-0.4, -0.2) is 25.9 Å². The molecule has 2 aliphatic carbocycles. The van der Waals surface area contributed by atoms with Gasteiger partial charge in [-0.3, -0.25) is 9.78 Å². The smallest absolute Gasteiger partial charge is 0.251 e. The van der Waals surface area contributed by atoms with Gasteiger partial charge in [0, 0.05) is 18.0 Å². The summed E-state index contributed by atoms with van der Waals surface area (Å²) in [6, 6.07) is 5.52. The fourth-order valence-electron chi connectivity index (χ4n) is 2.94. The van der Waals surface area contributed by atoms with Crippen LogP contribution in [0.2, 0.25) is 0 Å². The molecule has 7 heteroatoms. The third-order valence-corrected chi connectivity index (χ3v) is 4.78. The van der Waals surface area contributed by atoms with Crippen molar-refractivity contribution in [1.82, 2.24) is 25.3 Å². The minimum Gasteiger partial charge on any atom is -0.346 e.